The van der Waals surface area contributed by atoms with Gasteiger partial charge in [0.15, 0.2) is 11.9 Å². The van der Waals surface area contributed by atoms with Crippen LogP contribution in [0.25, 0.3) is 0 Å². The molecule has 1 unspecified atom stereocenters. The minimum Gasteiger partial charge on any atom is -0.479 e. The van der Waals surface area contributed by atoms with Crippen molar-refractivity contribution in [1.29, 1.82) is 0 Å². The molecule has 0 spiro atoms. The lowest BCUT2D eigenvalue weighted by Crippen LogP contribution is -2.28. The second-order valence-corrected chi connectivity index (χ2v) is 6.32. The largest absolute Gasteiger partial charge is 0.479 e. The fourth-order valence-corrected chi connectivity index (χ4v) is 3.19. The Balaban J connectivity index is 1.53. The first-order chi connectivity index (χ1) is 12.7. The number of ether oxygens (including phenoxy) is 3. The zero-order valence-electron chi connectivity index (χ0n) is 14.7. The van der Waals surface area contributed by atoms with Crippen molar-refractivity contribution in [2.24, 2.45) is 0 Å². The number of hydrogen-bond donors (Lipinski definition) is 1. The molecule has 1 fully saturated rings. The van der Waals surface area contributed by atoms with Crippen LogP contribution in [0, 0.1) is 0 Å². The number of carboxylic acid groups (broad SMARTS) is 1. The van der Waals surface area contributed by atoms with Gasteiger partial charge in [-0.25, -0.2) is 4.79 Å². The smallest absolute Gasteiger partial charge is 0.344 e. The van der Waals surface area contributed by atoms with Crippen molar-refractivity contribution in [3.8, 4) is 5.75 Å². The van der Waals surface area contributed by atoms with Gasteiger partial charge >= 0.3 is 5.97 Å². The zero-order valence-corrected chi connectivity index (χ0v) is 14.7. The van der Waals surface area contributed by atoms with Gasteiger partial charge in [-0.05, 0) is 31.4 Å². The van der Waals surface area contributed by atoms with Gasteiger partial charge in [0.05, 0.1) is 13.2 Å². The highest BCUT2D eigenvalue weighted by Gasteiger charge is 2.37. The normalized spacial score (nSPS) is 16.9. The van der Waals surface area contributed by atoms with Gasteiger partial charge in [-0.3, -0.25) is 0 Å². The van der Waals surface area contributed by atoms with E-state index in [1.54, 1.807) is 12.1 Å². The molecule has 138 valence electrons. The molecule has 3 rings (SSSR count). The summed E-state index contributed by atoms with van der Waals surface area (Å²) >= 11 is 0. The lowest BCUT2D eigenvalue weighted by molar-refractivity contribution is -0.172. The fraction of sp³-hybridized carbons (Fsp3) is 0.381. The highest BCUT2D eigenvalue weighted by molar-refractivity contribution is 5.72. The summed E-state index contributed by atoms with van der Waals surface area (Å²) in [5.74, 6) is -1.08. The van der Waals surface area contributed by atoms with E-state index in [1.165, 1.54) is 0 Å². The van der Waals surface area contributed by atoms with Gasteiger partial charge in [-0.1, -0.05) is 48.5 Å². The Morgan fingerprint density at radius 2 is 1.62 bits per heavy atom. The number of hydrogen-bond acceptors (Lipinski definition) is 4. The Bertz CT molecular complexity index is 680. The summed E-state index contributed by atoms with van der Waals surface area (Å²) in [6.45, 7) is 1.15. The zero-order chi connectivity index (χ0) is 18.2. The summed E-state index contributed by atoms with van der Waals surface area (Å²) in [7, 11) is 0. The van der Waals surface area contributed by atoms with Gasteiger partial charge in [0, 0.05) is 12.0 Å². The summed E-state index contributed by atoms with van der Waals surface area (Å²) in [5.41, 5.74) is 1.01. The minimum absolute atomic E-state index is 0.440. The number of para-hydroxylation sites is 1. The molecule has 1 N–H and O–H groups in total. The average Bonchev–Trinajstić information content (AvgIpc) is 3.16. The first kappa shape index (κ1) is 18.4. The van der Waals surface area contributed by atoms with Crippen LogP contribution in [0.1, 0.15) is 31.2 Å². The first-order valence-corrected chi connectivity index (χ1v) is 8.97. The van der Waals surface area contributed by atoms with Gasteiger partial charge in [0.25, 0.3) is 0 Å². The van der Waals surface area contributed by atoms with Gasteiger partial charge in [-0.15, -0.1) is 0 Å². The van der Waals surface area contributed by atoms with E-state index in [0.29, 0.717) is 38.2 Å². The summed E-state index contributed by atoms with van der Waals surface area (Å²) < 4.78 is 17.4. The third-order valence-corrected chi connectivity index (χ3v) is 4.49. The minimum atomic E-state index is -0.944. The third-order valence-electron chi connectivity index (χ3n) is 4.49. The second kappa shape index (κ2) is 8.83. The van der Waals surface area contributed by atoms with E-state index in [0.717, 1.165) is 12.0 Å². The van der Waals surface area contributed by atoms with Gasteiger partial charge in [0.1, 0.15) is 5.75 Å². The van der Waals surface area contributed by atoms with Crippen LogP contribution in [-0.2, 0) is 20.1 Å². The summed E-state index contributed by atoms with van der Waals surface area (Å²) in [5, 5.41) is 9.40. The number of benzene rings is 2. The lowest BCUT2D eigenvalue weighted by Gasteiger charge is -2.28. The number of rotatable bonds is 9. The molecular formula is C21H24O5. The average molecular weight is 356 g/mol. The highest BCUT2D eigenvalue weighted by atomic mass is 16.7. The third kappa shape index (κ3) is 4.62. The lowest BCUT2D eigenvalue weighted by atomic mass is 9.98. The maximum absolute atomic E-state index is 11.5. The Morgan fingerprint density at radius 1 is 1.00 bits per heavy atom. The fourth-order valence-electron chi connectivity index (χ4n) is 3.19. The van der Waals surface area contributed by atoms with E-state index in [4.69, 9.17) is 14.2 Å². The molecule has 1 aliphatic rings. The molecule has 5 heteroatoms. The molecule has 1 heterocycles. The molecule has 26 heavy (non-hydrogen) atoms. The Hall–Kier alpha value is -2.37. The molecule has 0 aromatic heterocycles. The van der Waals surface area contributed by atoms with E-state index in [2.05, 4.69) is 0 Å². The molecular weight excluding hydrogens is 332 g/mol. The van der Waals surface area contributed by atoms with Crippen LogP contribution >= 0.6 is 0 Å². The SMILES string of the molecule is O=C(O)C(CCCCC1(c2ccccc2)OCCO1)Oc1ccccc1. The molecule has 1 atom stereocenters. The molecule has 0 bridgehead atoms. The van der Waals surface area contributed by atoms with Crippen molar-refractivity contribution < 1.29 is 24.1 Å². The maximum atomic E-state index is 11.5. The van der Waals surface area contributed by atoms with Gasteiger partial charge in [-0.2, -0.15) is 0 Å². The van der Waals surface area contributed by atoms with Crippen LogP contribution in [-0.4, -0.2) is 30.4 Å². The first-order valence-electron chi connectivity index (χ1n) is 8.97. The van der Waals surface area contributed by atoms with Crippen molar-refractivity contribution in [2.45, 2.75) is 37.6 Å². The Labute approximate surface area is 153 Å². The molecule has 0 radical (unpaired) electrons. The molecule has 2 aromatic carbocycles. The standard InChI is InChI=1S/C21H24O5/c22-20(23)19(26-18-11-5-2-6-12-18)13-7-8-14-21(24-15-16-25-21)17-9-3-1-4-10-17/h1-6,9-12,19H,7-8,13-16H2,(H,22,23). The van der Waals surface area contributed by atoms with Gasteiger partial charge < -0.3 is 19.3 Å². The number of unbranched alkanes of at least 4 members (excludes halogenated alkanes) is 1. The van der Waals surface area contributed by atoms with E-state index >= 15 is 0 Å². The van der Waals surface area contributed by atoms with E-state index in [1.807, 2.05) is 48.5 Å². The Kier molecular flexibility index (Phi) is 6.26. The topological polar surface area (TPSA) is 65.0 Å². The number of carboxylic acids is 1. The molecule has 0 amide bonds. The van der Waals surface area contributed by atoms with Crippen LogP contribution in [0.4, 0.5) is 0 Å². The van der Waals surface area contributed by atoms with Crippen LogP contribution in [0.2, 0.25) is 0 Å². The number of carbonyl (C=O) groups is 1. The van der Waals surface area contributed by atoms with Crippen LogP contribution < -0.4 is 4.74 Å². The highest BCUT2D eigenvalue weighted by Crippen LogP contribution is 2.36. The van der Waals surface area contributed by atoms with Gasteiger partial charge in [0.2, 0.25) is 0 Å². The molecule has 1 saturated heterocycles. The summed E-state index contributed by atoms with van der Waals surface area (Å²) in [4.78, 5) is 11.5. The second-order valence-electron chi connectivity index (χ2n) is 6.32. The van der Waals surface area contributed by atoms with Crippen molar-refractivity contribution >= 4 is 5.97 Å². The van der Waals surface area contributed by atoms with Crippen molar-refractivity contribution in [3.05, 3.63) is 66.2 Å². The van der Waals surface area contributed by atoms with Crippen molar-refractivity contribution in [3.63, 3.8) is 0 Å². The van der Waals surface area contributed by atoms with Crippen LogP contribution in [0.15, 0.2) is 60.7 Å². The molecule has 0 saturated carbocycles. The predicted molar refractivity (Wildman–Crippen MR) is 97.0 cm³/mol. The predicted octanol–water partition coefficient (Wildman–Crippen LogP) is 3.98. The quantitative estimate of drug-likeness (QED) is 0.689. The van der Waals surface area contributed by atoms with E-state index in [9.17, 15) is 9.90 Å². The van der Waals surface area contributed by atoms with E-state index in [-0.39, 0.29) is 0 Å². The van der Waals surface area contributed by atoms with Crippen molar-refractivity contribution in [1.82, 2.24) is 0 Å². The summed E-state index contributed by atoms with van der Waals surface area (Å²) in [6.07, 6.45) is 1.78. The molecule has 0 aliphatic carbocycles. The maximum Gasteiger partial charge on any atom is 0.344 e. The van der Waals surface area contributed by atoms with E-state index < -0.39 is 17.9 Å². The molecule has 5 nitrogen and oxygen atoms in total. The van der Waals surface area contributed by atoms with Crippen molar-refractivity contribution in [2.75, 3.05) is 13.2 Å². The van der Waals surface area contributed by atoms with Crippen LogP contribution in [0.3, 0.4) is 0 Å². The van der Waals surface area contributed by atoms with Crippen LogP contribution in [0.5, 0.6) is 5.75 Å². The molecule has 2 aromatic rings. The molecule has 1 aliphatic heterocycles. The summed E-state index contributed by atoms with van der Waals surface area (Å²) in [6, 6.07) is 19.0. The monoisotopic (exact) mass is 356 g/mol. The number of aliphatic carboxylic acids is 1. The Morgan fingerprint density at radius 3 is 2.23 bits per heavy atom.